The van der Waals surface area contributed by atoms with Crippen LogP contribution in [-0.4, -0.2) is 12.1 Å². The molecule has 0 saturated heterocycles. The molecule has 0 saturated carbocycles. The molecule has 88 valence electrons. The zero-order valence-corrected chi connectivity index (χ0v) is 8.62. The lowest BCUT2D eigenvalue weighted by Gasteiger charge is -2.14. The molecule has 16 heavy (non-hydrogen) atoms. The SMILES string of the molecule is C[C@@H](C(=O)OCc1ccccc1)C(F)(F)F. The third kappa shape index (κ3) is 3.56. The van der Waals surface area contributed by atoms with Crippen molar-refractivity contribution in [3.63, 3.8) is 0 Å². The highest BCUT2D eigenvalue weighted by molar-refractivity contribution is 5.72. The summed E-state index contributed by atoms with van der Waals surface area (Å²) in [5.41, 5.74) is 0.658. The highest BCUT2D eigenvalue weighted by atomic mass is 19.4. The van der Waals surface area contributed by atoms with E-state index in [2.05, 4.69) is 4.74 Å². The van der Waals surface area contributed by atoms with E-state index >= 15 is 0 Å². The van der Waals surface area contributed by atoms with Gasteiger partial charge < -0.3 is 4.74 Å². The van der Waals surface area contributed by atoms with E-state index in [1.54, 1.807) is 30.3 Å². The number of esters is 1. The van der Waals surface area contributed by atoms with Gasteiger partial charge in [0, 0.05) is 0 Å². The molecule has 0 unspecified atom stereocenters. The molecule has 5 heteroatoms. The van der Waals surface area contributed by atoms with Gasteiger partial charge in [0.2, 0.25) is 0 Å². The number of hydrogen-bond donors (Lipinski definition) is 0. The monoisotopic (exact) mass is 232 g/mol. The van der Waals surface area contributed by atoms with Gasteiger partial charge in [-0.25, -0.2) is 0 Å². The zero-order chi connectivity index (χ0) is 12.2. The number of carbonyl (C=O) groups excluding carboxylic acids is 1. The van der Waals surface area contributed by atoms with Crippen LogP contribution in [0.15, 0.2) is 30.3 Å². The molecule has 1 rings (SSSR count). The fraction of sp³-hybridized carbons (Fsp3) is 0.364. The van der Waals surface area contributed by atoms with Crippen LogP contribution in [0.5, 0.6) is 0 Å². The van der Waals surface area contributed by atoms with Crippen LogP contribution in [0, 0.1) is 5.92 Å². The van der Waals surface area contributed by atoms with Crippen molar-refractivity contribution in [2.75, 3.05) is 0 Å². The molecule has 0 spiro atoms. The van der Waals surface area contributed by atoms with E-state index in [1.807, 2.05) is 0 Å². The zero-order valence-electron chi connectivity index (χ0n) is 8.62. The van der Waals surface area contributed by atoms with Crippen LogP contribution in [0.3, 0.4) is 0 Å². The number of halogens is 3. The van der Waals surface area contributed by atoms with Crippen LogP contribution >= 0.6 is 0 Å². The molecule has 1 atom stereocenters. The molecular weight excluding hydrogens is 221 g/mol. The second-order valence-electron chi connectivity index (χ2n) is 3.36. The van der Waals surface area contributed by atoms with Crippen molar-refractivity contribution in [3.05, 3.63) is 35.9 Å². The second-order valence-corrected chi connectivity index (χ2v) is 3.36. The summed E-state index contributed by atoms with van der Waals surface area (Å²) < 4.78 is 40.9. The topological polar surface area (TPSA) is 26.3 Å². The first-order valence-corrected chi connectivity index (χ1v) is 4.68. The second kappa shape index (κ2) is 5.01. The Bertz CT molecular complexity index is 346. The van der Waals surface area contributed by atoms with E-state index in [0.29, 0.717) is 5.56 Å². The van der Waals surface area contributed by atoms with Gasteiger partial charge in [0.15, 0.2) is 0 Å². The standard InChI is InChI=1S/C11H11F3O2/c1-8(11(12,13)14)10(15)16-7-9-5-3-2-4-6-9/h2-6,8H,7H2,1H3/t8-/m0/s1. The van der Waals surface area contributed by atoms with E-state index in [0.717, 1.165) is 6.92 Å². The summed E-state index contributed by atoms with van der Waals surface area (Å²) in [5, 5.41) is 0. The fourth-order valence-electron chi connectivity index (χ4n) is 0.987. The number of alkyl halides is 3. The Kier molecular flexibility index (Phi) is 3.93. The summed E-state index contributed by atoms with van der Waals surface area (Å²) in [6.45, 7) is 0.646. The van der Waals surface area contributed by atoms with Crippen LogP contribution in [0.1, 0.15) is 12.5 Å². The average molecular weight is 232 g/mol. The maximum Gasteiger partial charge on any atom is 0.401 e. The van der Waals surface area contributed by atoms with Gasteiger partial charge in [0.1, 0.15) is 12.5 Å². The Morgan fingerprint density at radius 3 is 2.38 bits per heavy atom. The van der Waals surface area contributed by atoms with Crippen LogP contribution in [0.2, 0.25) is 0 Å². The molecule has 0 aromatic heterocycles. The lowest BCUT2D eigenvalue weighted by Crippen LogP contribution is -2.29. The summed E-state index contributed by atoms with van der Waals surface area (Å²) in [5.74, 6) is -3.34. The largest absolute Gasteiger partial charge is 0.460 e. The molecule has 0 aliphatic rings. The third-order valence-electron chi connectivity index (χ3n) is 2.07. The summed E-state index contributed by atoms with van der Waals surface area (Å²) in [6, 6.07) is 8.55. The van der Waals surface area contributed by atoms with Crippen molar-refractivity contribution in [2.45, 2.75) is 19.7 Å². The van der Waals surface area contributed by atoms with Gasteiger partial charge in [0.05, 0.1) is 0 Å². The first-order valence-electron chi connectivity index (χ1n) is 4.68. The first kappa shape index (κ1) is 12.5. The van der Waals surface area contributed by atoms with Crippen molar-refractivity contribution in [2.24, 2.45) is 5.92 Å². The minimum absolute atomic E-state index is 0.139. The van der Waals surface area contributed by atoms with E-state index in [-0.39, 0.29) is 6.61 Å². The van der Waals surface area contributed by atoms with E-state index in [9.17, 15) is 18.0 Å². The van der Waals surface area contributed by atoms with Crippen molar-refractivity contribution in [1.82, 2.24) is 0 Å². The predicted molar refractivity (Wildman–Crippen MR) is 51.5 cm³/mol. The van der Waals surface area contributed by atoms with Gasteiger partial charge in [-0.1, -0.05) is 30.3 Å². The van der Waals surface area contributed by atoms with E-state index < -0.39 is 18.1 Å². The van der Waals surface area contributed by atoms with Crippen LogP contribution in [0.25, 0.3) is 0 Å². The normalized spacial score (nSPS) is 13.2. The molecule has 0 fully saturated rings. The van der Waals surface area contributed by atoms with Gasteiger partial charge >= 0.3 is 12.1 Å². The number of hydrogen-bond acceptors (Lipinski definition) is 2. The Morgan fingerprint density at radius 1 is 1.31 bits per heavy atom. The Morgan fingerprint density at radius 2 is 1.88 bits per heavy atom. The first-order chi connectivity index (χ1) is 7.41. The molecule has 0 radical (unpaired) electrons. The molecule has 0 bridgehead atoms. The van der Waals surface area contributed by atoms with Gasteiger partial charge in [-0.15, -0.1) is 0 Å². The molecular formula is C11H11F3O2. The summed E-state index contributed by atoms with van der Waals surface area (Å²) in [4.78, 5) is 11.0. The van der Waals surface area contributed by atoms with E-state index in [4.69, 9.17) is 0 Å². The highest BCUT2D eigenvalue weighted by Crippen LogP contribution is 2.26. The Labute approximate surface area is 91.0 Å². The number of ether oxygens (including phenoxy) is 1. The highest BCUT2D eigenvalue weighted by Gasteiger charge is 2.42. The number of benzene rings is 1. The molecule has 1 aromatic rings. The molecule has 1 aromatic carbocycles. The third-order valence-corrected chi connectivity index (χ3v) is 2.07. The van der Waals surface area contributed by atoms with E-state index in [1.165, 1.54) is 0 Å². The fourth-order valence-corrected chi connectivity index (χ4v) is 0.987. The lowest BCUT2D eigenvalue weighted by molar-refractivity contribution is -0.195. The van der Waals surface area contributed by atoms with Crippen molar-refractivity contribution >= 4 is 5.97 Å². The lowest BCUT2D eigenvalue weighted by atomic mass is 10.2. The van der Waals surface area contributed by atoms with Crippen molar-refractivity contribution in [3.8, 4) is 0 Å². The predicted octanol–water partition coefficient (Wildman–Crippen LogP) is 2.93. The Hall–Kier alpha value is -1.52. The number of carbonyl (C=O) groups is 1. The van der Waals surface area contributed by atoms with Crippen LogP contribution in [0.4, 0.5) is 13.2 Å². The summed E-state index contributed by atoms with van der Waals surface area (Å²) >= 11 is 0. The molecule has 0 heterocycles. The average Bonchev–Trinajstić information content (AvgIpc) is 2.25. The van der Waals surface area contributed by atoms with Crippen LogP contribution in [-0.2, 0) is 16.1 Å². The van der Waals surface area contributed by atoms with Gasteiger partial charge in [-0.3, -0.25) is 4.79 Å². The van der Waals surface area contributed by atoms with Gasteiger partial charge in [0.25, 0.3) is 0 Å². The summed E-state index contributed by atoms with van der Waals surface area (Å²) in [7, 11) is 0. The molecule has 0 N–H and O–H groups in total. The van der Waals surface area contributed by atoms with Crippen LogP contribution < -0.4 is 0 Å². The van der Waals surface area contributed by atoms with Gasteiger partial charge in [-0.2, -0.15) is 13.2 Å². The molecule has 0 aliphatic carbocycles. The smallest absolute Gasteiger partial charge is 0.401 e. The Balaban J connectivity index is 2.48. The molecule has 0 amide bonds. The maximum absolute atomic E-state index is 12.1. The van der Waals surface area contributed by atoms with Crippen molar-refractivity contribution in [1.29, 1.82) is 0 Å². The molecule has 2 nitrogen and oxygen atoms in total. The quantitative estimate of drug-likeness (QED) is 0.749. The molecule has 0 aliphatic heterocycles. The minimum atomic E-state index is -4.55. The summed E-state index contributed by atoms with van der Waals surface area (Å²) in [6.07, 6.45) is -4.55. The van der Waals surface area contributed by atoms with Crippen molar-refractivity contribution < 1.29 is 22.7 Å². The minimum Gasteiger partial charge on any atom is -0.460 e. The van der Waals surface area contributed by atoms with Gasteiger partial charge in [-0.05, 0) is 12.5 Å². The maximum atomic E-state index is 12.1. The number of rotatable bonds is 3.